The van der Waals surface area contributed by atoms with E-state index in [0.717, 1.165) is 25.0 Å². The second kappa shape index (κ2) is 5.24. The number of benzene rings is 1. The third-order valence-electron chi connectivity index (χ3n) is 3.65. The van der Waals surface area contributed by atoms with Crippen LogP contribution in [0.1, 0.15) is 31.4 Å². The third-order valence-corrected chi connectivity index (χ3v) is 3.65. The first kappa shape index (κ1) is 13.3. The van der Waals surface area contributed by atoms with Crippen molar-refractivity contribution < 1.29 is 13.9 Å². The lowest BCUT2D eigenvalue weighted by molar-refractivity contribution is -0.0111. The Morgan fingerprint density at radius 1 is 1.50 bits per heavy atom. The van der Waals surface area contributed by atoms with Crippen molar-refractivity contribution in [2.24, 2.45) is 0 Å². The van der Waals surface area contributed by atoms with Crippen molar-refractivity contribution in [2.75, 3.05) is 20.8 Å². The molecule has 0 aliphatic carbocycles. The molecule has 100 valence electrons. The van der Waals surface area contributed by atoms with Gasteiger partial charge in [0.1, 0.15) is 11.6 Å². The fourth-order valence-corrected chi connectivity index (χ4v) is 2.75. The molecule has 2 unspecified atom stereocenters. The van der Waals surface area contributed by atoms with Crippen LogP contribution in [0.25, 0.3) is 0 Å². The summed E-state index contributed by atoms with van der Waals surface area (Å²) in [6.45, 7) is 2.82. The fraction of sp³-hybridized carbons (Fsp3) is 0.571. The molecule has 0 aromatic heterocycles. The standard InChI is InChI=1S/C14H20FNO2/c1-14(7-4-8-18-14)13(16-2)11-9-10(15)5-6-12(11)17-3/h5-6,9,13,16H,4,7-8H2,1-3H3. The highest BCUT2D eigenvalue weighted by Gasteiger charge is 2.39. The lowest BCUT2D eigenvalue weighted by atomic mass is 9.87. The molecule has 1 aromatic rings. The van der Waals surface area contributed by atoms with Crippen LogP contribution in [0.3, 0.4) is 0 Å². The molecule has 3 nitrogen and oxygen atoms in total. The van der Waals surface area contributed by atoms with E-state index in [0.29, 0.717) is 5.75 Å². The van der Waals surface area contributed by atoms with Gasteiger partial charge in [0.05, 0.1) is 18.8 Å². The Hall–Kier alpha value is -1.13. The number of likely N-dealkylation sites (N-methyl/N-ethyl adjacent to an activating group) is 1. The molecular weight excluding hydrogens is 233 g/mol. The van der Waals surface area contributed by atoms with Gasteiger partial charge in [0.25, 0.3) is 0 Å². The van der Waals surface area contributed by atoms with E-state index in [9.17, 15) is 4.39 Å². The highest BCUT2D eigenvalue weighted by Crippen LogP contribution is 2.40. The summed E-state index contributed by atoms with van der Waals surface area (Å²) in [6.07, 6.45) is 1.99. The Balaban J connectivity index is 2.40. The van der Waals surface area contributed by atoms with E-state index in [1.807, 2.05) is 7.05 Å². The van der Waals surface area contributed by atoms with Gasteiger partial charge in [0.15, 0.2) is 0 Å². The third kappa shape index (κ3) is 2.35. The Morgan fingerprint density at radius 3 is 2.83 bits per heavy atom. The number of hydrogen-bond donors (Lipinski definition) is 1. The van der Waals surface area contributed by atoms with Crippen molar-refractivity contribution in [1.82, 2.24) is 5.32 Å². The first-order valence-corrected chi connectivity index (χ1v) is 6.25. The Bertz CT molecular complexity index is 416. The number of methoxy groups -OCH3 is 1. The SMILES string of the molecule is CNC(c1cc(F)ccc1OC)C1(C)CCCO1. The molecule has 0 radical (unpaired) electrons. The van der Waals surface area contributed by atoms with Crippen LogP contribution in [0.2, 0.25) is 0 Å². The summed E-state index contributed by atoms with van der Waals surface area (Å²) in [5, 5.41) is 3.23. The summed E-state index contributed by atoms with van der Waals surface area (Å²) in [6, 6.07) is 4.51. The Kier molecular flexibility index (Phi) is 3.88. The molecule has 0 saturated carbocycles. The monoisotopic (exact) mass is 253 g/mol. The summed E-state index contributed by atoms with van der Waals surface area (Å²) >= 11 is 0. The van der Waals surface area contributed by atoms with E-state index in [2.05, 4.69) is 12.2 Å². The summed E-state index contributed by atoms with van der Waals surface area (Å²) in [7, 11) is 3.46. The molecule has 1 heterocycles. The van der Waals surface area contributed by atoms with E-state index >= 15 is 0 Å². The second-order valence-electron chi connectivity index (χ2n) is 4.87. The minimum atomic E-state index is -0.310. The molecule has 2 atom stereocenters. The molecule has 18 heavy (non-hydrogen) atoms. The van der Waals surface area contributed by atoms with Crippen LogP contribution in [-0.4, -0.2) is 26.4 Å². The average molecular weight is 253 g/mol. The summed E-state index contributed by atoms with van der Waals surface area (Å²) in [5.41, 5.74) is 0.500. The first-order chi connectivity index (χ1) is 8.60. The molecule has 0 bridgehead atoms. The average Bonchev–Trinajstić information content (AvgIpc) is 2.78. The molecule has 4 heteroatoms. The number of rotatable bonds is 4. The summed E-state index contributed by atoms with van der Waals surface area (Å²) in [4.78, 5) is 0. The van der Waals surface area contributed by atoms with Gasteiger partial charge in [-0.3, -0.25) is 0 Å². The molecule has 1 aromatic carbocycles. The number of nitrogens with one attached hydrogen (secondary N) is 1. The first-order valence-electron chi connectivity index (χ1n) is 6.25. The van der Waals surface area contributed by atoms with Gasteiger partial charge in [-0.05, 0) is 45.0 Å². The van der Waals surface area contributed by atoms with Gasteiger partial charge in [0.2, 0.25) is 0 Å². The van der Waals surface area contributed by atoms with Gasteiger partial charge < -0.3 is 14.8 Å². The van der Waals surface area contributed by atoms with Crippen LogP contribution in [0, 0.1) is 5.82 Å². The van der Waals surface area contributed by atoms with E-state index in [4.69, 9.17) is 9.47 Å². The van der Waals surface area contributed by atoms with Crippen LogP contribution in [-0.2, 0) is 4.74 Å². The number of hydrogen-bond acceptors (Lipinski definition) is 3. The van der Waals surface area contributed by atoms with Crippen LogP contribution in [0.15, 0.2) is 18.2 Å². The minimum absolute atomic E-state index is 0.0781. The lowest BCUT2D eigenvalue weighted by Crippen LogP contribution is -2.39. The molecule has 1 aliphatic heterocycles. The van der Waals surface area contributed by atoms with Crippen LogP contribution in [0.5, 0.6) is 5.75 Å². The van der Waals surface area contributed by atoms with E-state index in [-0.39, 0.29) is 17.5 Å². The van der Waals surface area contributed by atoms with Crippen LogP contribution >= 0.6 is 0 Å². The topological polar surface area (TPSA) is 30.5 Å². The smallest absolute Gasteiger partial charge is 0.123 e. The zero-order valence-corrected chi connectivity index (χ0v) is 11.1. The number of ether oxygens (including phenoxy) is 2. The van der Waals surface area contributed by atoms with Crippen LogP contribution < -0.4 is 10.1 Å². The normalized spacial score (nSPS) is 25.1. The molecular formula is C14H20FNO2. The van der Waals surface area contributed by atoms with Gasteiger partial charge in [-0.15, -0.1) is 0 Å². The number of halogens is 1. The lowest BCUT2D eigenvalue weighted by Gasteiger charge is -2.34. The quantitative estimate of drug-likeness (QED) is 0.895. The minimum Gasteiger partial charge on any atom is -0.496 e. The fourth-order valence-electron chi connectivity index (χ4n) is 2.75. The van der Waals surface area contributed by atoms with Crippen LogP contribution in [0.4, 0.5) is 4.39 Å². The van der Waals surface area contributed by atoms with Gasteiger partial charge in [-0.25, -0.2) is 4.39 Å². The van der Waals surface area contributed by atoms with E-state index in [1.54, 1.807) is 13.2 Å². The maximum Gasteiger partial charge on any atom is 0.123 e. The molecule has 1 aliphatic rings. The molecule has 1 saturated heterocycles. The zero-order chi connectivity index (χ0) is 13.2. The Labute approximate surface area is 107 Å². The van der Waals surface area contributed by atoms with Crippen molar-refractivity contribution >= 4 is 0 Å². The summed E-state index contributed by atoms with van der Waals surface area (Å²) < 4.78 is 24.6. The van der Waals surface area contributed by atoms with Gasteiger partial charge >= 0.3 is 0 Å². The predicted molar refractivity (Wildman–Crippen MR) is 68.3 cm³/mol. The Morgan fingerprint density at radius 2 is 2.28 bits per heavy atom. The summed E-state index contributed by atoms with van der Waals surface area (Å²) in [5.74, 6) is 0.431. The maximum absolute atomic E-state index is 13.5. The zero-order valence-electron chi connectivity index (χ0n) is 11.1. The second-order valence-corrected chi connectivity index (χ2v) is 4.87. The highest BCUT2D eigenvalue weighted by atomic mass is 19.1. The van der Waals surface area contributed by atoms with Gasteiger partial charge in [-0.1, -0.05) is 0 Å². The van der Waals surface area contributed by atoms with Crippen molar-refractivity contribution in [3.8, 4) is 5.75 Å². The predicted octanol–water partition coefficient (Wildman–Crippen LogP) is 2.66. The van der Waals surface area contributed by atoms with Crippen molar-refractivity contribution in [2.45, 2.75) is 31.4 Å². The van der Waals surface area contributed by atoms with E-state index < -0.39 is 0 Å². The molecule has 1 fully saturated rings. The van der Waals surface area contributed by atoms with Crippen molar-refractivity contribution in [3.63, 3.8) is 0 Å². The molecule has 2 rings (SSSR count). The maximum atomic E-state index is 13.5. The largest absolute Gasteiger partial charge is 0.496 e. The molecule has 0 spiro atoms. The van der Waals surface area contributed by atoms with Crippen molar-refractivity contribution in [1.29, 1.82) is 0 Å². The van der Waals surface area contributed by atoms with E-state index in [1.165, 1.54) is 12.1 Å². The molecule has 1 N–H and O–H groups in total. The molecule has 0 amide bonds. The van der Waals surface area contributed by atoms with Gasteiger partial charge in [0, 0.05) is 12.2 Å². The van der Waals surface area contributed by atoms with Gasteiger partial charge in [-0.2, -0.15) is 0 Å². The van der Waals surface area contributed by atoms with Crippen molar-refractivity contribution in [3.05, 3.63) is 29.6 Å². The highest BCUT2D eigenvalue weighted by molar-refractivity contribution is 5.38.